The summed E-state index contributed by atoms with van der Waals surface area (Å²) in [6.45, 7) is 2.80. The number of halogens is 1. The van der Waals surface area contributed by atoms with Crippen LogP contribution in [0.1, 0.15) is 64.7 Å². The summed E-state index contributed by atoms with van der Waals surface area (Å²) in [7, 11) is 0. The molecule has 2 atom stereocenters. The molecule has 5 nitrogen and oxygen atoms in total. The molecule has 0 aromatic carbocycles. The van der Waals surface area contributed by atoms with E-state index in [1.165, 1.54) is 25.7 Å². The number of hydrogen-bond donors (Lipinski definition) is 2. The number of amides is 2. The van der Waals surface area contributed by atoms with E-state index in [1.54, 1.807) is 4.90 Å². The number of rotatable bonds is 9. The Hall–Kier alpha value is -0.810. The second-order valence-electron chi connectivity index (χ2n) is 5.75. The van der Waals surface area contributed by atoms with E-state index in [2.05, 4.69) is 6.92 Å². The molecule has 1 aliphatic heterocycles. The van der Waals surface area contributed by atoms with Gasteiger partial charge in [0, 0.05) is 6.54 Å². The molecule has 0 saturated carbocycles. The van der Waals surface area contributed by atoms with Crippen molar-refractivity contribution in [1.29, 1.82) is 0 Å². The fourth-order valence-corrected chi connectivity index (χ4v) is 2.81. The molecule has 1 aliphatic rings. The number of unbranched alkanes of at least 4 members (excludes halogenated alkanes) is 5. The highest BCUT2D eigenvalue weighted by Gasteiger charge is 2.34. The largest absolute Gasteiger partial charge is 0.368 e. The van der Waals surface area contributed by atoms with Gasteiger partial charge in [-0.2, -0.15) is 0 Å². The minimum atomic E-state index is -0.485. The molecular formula is C15H30ClN3O2. The first-order chi connectivity index (χ1) is 9.57. The molecule has 6 heteroatoms. The van der Waals surface area contributed by atoms with Crippen LogP contribution in [0.25, 0.3) is 0 Å². The van der Waals surface area contributed by atoms with Gasteiger partial charge in [-0.25, -0.2) is 0 Å². The summed E-state index contributed by atoms with van der Waals surface area (Å²) in [5.74, 6) is -0.525. The third-order valence-corrected chi connectivity index (χ3v) is 4.05. The van der Waals surface area contributed by atoms with Crippen molar-refractivity contribution in [3.63, 3.8) is 0 Å². The molecule has 0 aliphatic carbocycles. The van der Waals surface area contributed by atoms with Crippen molar-refractivity contribution in [2.24, 2.45) is 11.5 Å². The number of carbonyl (C=O) groups excluding carboxylic acids is 2. The fraction of sp³-hybridized carbons (Fsp3) is 0.867. The van der Waals surface area contributed by atoms with Crippen LogP contribution in [0.4, 0.5) is 0 Å². The monoisotopic (exact) mass is 319 g/mol. The van der Waals surface area contributed by atoms with Crippen molar-refractivity contribution in [2.75, 3.05) is 6.54 Å². The third-order valence-electron chi connectivity index (χ3n) is 4.05. The summed E-state index contributed by atoms with van der Waals surface area (Å²) < 4.78 is 0. The number of primary amides is 1. The Morgan fingerprint density at radius 1 is 1.19 bits per heavy atom. The first kappa shape index (κ1) is 20.2. The predicted molar refractivity (Wildman–Crippen MR) is 87.1 cm³/mol. The summed E-state index contributed by atoms with van der Waals surface area (Å²) in [5.41, 5.74) is 11.3. The standard InChI is InChI=1S/C15H29N3O2.ClH/c1-2-3-4-5-6-7-9-12(16)15(20)18-11-8-10-13(18)14(17)19;/h12-13H,2-11,16H2,1H3,(H2,17,19);1H/t12?,13-;/m0./s1. The fourth-order valence-electron chi connectivity index (χ4n) is 2.81. The zero-order valence-corrected chi connectivity index (χ0v) is 13.9. The minimum absolute atomic E-state index is 0. The van der Waals surface area contributed by atoms with Crippen LogP contribution in [0.15, 0.2) is 0 Å². The maximum Gasteiger partial charge on any atom is 0.240 e. The maximum atomic E-state index is 12.2. The van der Waals surface area contributed by atoms with E-state index in [4.69, 9.17) is 11.5 Å². The van der Waals surface area contributed by atoms with E-state index < -0.39 is 18.0 Å². The molecule has 0 aromatic rings. The molecule has 0 radical (unpaired) electrons. The molecule has 0 aromatic heterocycles. The van der Waals surface area contributed by atoms with E-state index >= 15 is 0 Å². The van der Waals surface area contributed by atoms with Crippen LogP contribution in [-0.4, -0.2) is 35.3 Å². The summed E-state index contributed by atoms with van der Waals surface area (Å²) in [6.07, 6.45) is 9.30. The molecule has 2 amide bonds. The lowest BCUT2D eigenvalue weighted by Crippen LogP contribution is -2.50. The number of nitrogens with zero attached hydrogens (tertiary/aromatic N) is 1. The lowest BCUT2D eigenvalue weighted by atomic mass is 10.0. The van der Waals surface area contributed by atoms with E-state index in [0.717, 1.165) is 19.3 Å². The van der Waals surface area contributed by atoms with Crippen molar-refractivity contribution >= 4 is 24.2 Å². The van der Waals surface area contributed by atoms with Gasteiger partial charge in [-0.3, -0.25) is 9.59 Å². The Balaban J connectivity index is 0.00000400. The van der Waals surface area contributed by atoms with Gasteiger partial charge in [-0.05, 0) is 19.3 Å². The highest BCUT2D eigenvalue weighted by molar-refractivity contribution is 5.89. The topological polar surface area (TPSA) is 89.4 Å². The second-order valence-corrected chi connectivity index (χ2v) is 5.75. The van der Waals surface area contributed by atoms with Crippen LogP contribution in [0.2, 0.25) is 0 Å². The summed E-state index contributed by atoms with van der Waals surface area (Å²) in [4.78, 5) is 25.1. The number of carbonyl (C=O) groups is 2. The minimum Gasteiger partial charge on any atom is -0.368 e. The zero-order chi connectivity index (χ0) is 15.0. The van der Waals surface area contributed by atoms with Crippen molar-refractivity contribution in [3.8, 4) is 0 Å². The van der Waals surface area contributed by atoms with Crippen LogP contribution in [0, 0.1) is 0 Å². The number of hydrogen-bond acceptors (Lipinski definition) is 3. The van der Waals surface area contributed by atoms with Gasteiger partial charge < -0.3 is 16.4 Å². The van der Waals surface area contributed by atoms with E-state index in [0.29, 0.717) is 19.4 Å². The average Bonchev–Trinajstić information content (AvgIpc) is 2.91. The van der Waals surface area contributed by atoms with Gasteiger partial charge in [0.25, 0.3) is 0 Å². The molecule has 1 fully saturated rings. The highest BCUT2D eigenvalue weighted by atomic mass is 35.5. The number of likely N-dealkylation sites (tertiary alicyclic amines) is 1. The molecule has 1 unspecified atom stereocenters. The van der Waals surface area contributed by atoms with Crippen LogP contribution in [0.3, 0.4) is 0 Å². The van der Waals surface area contributed by atoms with Crippen molar-refractivity contribution in [3.05, 3.63) is 0 Å². The van der Waals surface area contributed by atoms with Gasteiger partial charge in [0.2, 0.25) is 11.8 Å². The first-order valence-corrected chi connectivity index (χ1v) is 7.93. The lowest BCUT2D eigenvalue weighted by molar-refractivity contribution is -0.138. The van der Waals surface area contributed by atoms with Gasteiger partial charge in [0.15, 0.2) is 0 Å². The Morgan fingerprint density at radius 2 is 1.81 bits per heavy atom. The quantitative estimate of drug-likeness (QED) is 0.637. The molecule has 1 heterocycles. The Kier molecular flexibility index (Phi) is 10.4. The summed E-state index contributed by atoms with van der Waals surface area (Å²) in [6, 6.07) is -0.931. The predicted octanol–water partition coefficient (Wildman–Crippen LogP) is 1.96. The lowest BCUT2D eigenvalue weighted by Gasteiger charge is -2.25. The highest BCUT2D eigenvalue weighted by Crippen LogP contribution is 2.19. The van der Waals surface area contributed by atoms with Crippen molar-refractivity contribution in [1.82, 2.24) is 4.90 Å². The molecule has 1 saturated heterocycles. The molecule has 0 bridgehead atoms. The molecule has 21 heavy (non-hydrogen) atoms. The molecular weight excluding hydrogens is 290 g/mol. The smallest absolute Gasteiger partial charge is 0.240 e. The Morgan fingerprint density at radius 3 is 2.43 bits per heavy atom. The average molecular weight is 320 g/mol. The van der Waals surface area contributed by atoms with E-state index in [9.17, 15) is 9.59 Å². The Bertz CT molecular complexity index is 326. The van der Waals surface area contributed by atoms with Crippen LogP contribution >= 0.6 is 12.4 Å². The molecule has 124 valence electrons. The third kappa shape index (κ3) is 6.66. The van der Waals surface area contributed by atoms with Gasteiger partial charge in [-0.15, -0.1) is 12.4 Å². The molecule has 4 N–H and O–H groups in total. The first-order valence-electron chi connectivity index (χ1n) is 7.93. The second kappa shape index (κ2) is 10.9. The Labute approximate surface area is 134 Å². The molecule has 0 spiro atoms. The summed E-state index contributed by atoms with van der Waals surface area (Å²) >= 11 is 0. The van der Waals surface area contributed by atoms with E-state index in [1.807, 2.05) is 0 Å². The van der Waals surface area contributed by atoms with Gasteiger partial charge in [0.05, 0.1) is 6.04 Å². The van der Waals surface area contributed by atoms with Gasteiger partial charge >= 0.3 is 0 Å². The van der Waals surface area contributed by atoms with Crippen molar-refractivity contribution < 1.29 is 9.59 Å². The van der Waals surface area contributed by atoms with Gasteiger partial charge in [0.1, 0.15) is 6.04 Å². The van der Waals surface area contributed by atoms with Crippen LogP contribution < -0.4 is 11.5 Å². The normalized spacial score (nSPS) is 19.1. The van der Waals surface area contributed by atoms with E-state index in [-0.39, 0.29) is 18.3 Å². The van der Waals surface area contributed by atoms with Crippen LogP contribution in [0.5, 0.6) is 0 Å². The zero-order valence-electron chi connectivity index (χ0n) is 13.1. The van der Waals surface area contributed by atoms with Gasteiger partial charge in [-0.1, -0.05) is 45.4 Å². The summed E-state index contributed by atoms with van der Waals surface area (Å²) in [5, 5.41) is 0. The van der Waals surface area contributed by atoms with Crippen molar-refractivity contribution in [2.45, 2.75) is 76.8 Å². The molecule has 1 rings (SSSR count). The van der Waals surface area contributed by atoms with Crippen LogP contribution in [-0.2, 0) is 9.59 Å². The number of nitrogens with two attached hydrogens (primary N) is 2. The maximum absolute atomic E-state index is 12.2. The SMILES string of the molecule is CCCCCCCCC(N)C(=O)N1CCC[C@H]1C(N)=O.Cl.